The van der Waals surface area contributed by atoms with Gasteiger partial charge in [0.1, 0.15) is 5.82 Å². The molecule has 86 valence electrons. The summed E-state index contributed by atoms with van der Waals surface area (Å²) in [6.45, 7) is 4.09. The van der Waals surface area contributed by atoms with Gasteiger partial charge in [0.2, 0.25) is 0 Å². The van der Waals surface area contributed by atoms with Gasteiger partial charge in [-0.05, 0) is 13.3 Å². The number of rotatable bonds is 4. The first kappa shape index (κ1) is 10.7. The van der Waals surface area contributed by atoms with Crippen molar-refractivity contribution >= 4 is 16.9 Å². The van der Waals surface area contributed by atoms with Gasteiger partial charge in [0.15, 0.2) is 5.65 Å². The number of nitrogens with zero attached hydrogens (tertiary/aromatic N) is 3. The standard InChI is InChI=1S/C10H15N5O/c1-3-4-6(2)16-10-13-8(11)7-5-12-15-9(7)14-10/h5-6H,3-4H2,1-2H3,(H3,11,12,13,14,15)/t6-/m1/s1. The number of H-pyrrole nitrogens is 1. The van der Waals surface area contributed by atoms with E-state index in [1.165, 1.54) is 0 Å². The van der Waals surface area contributed by atoms with Gasteiger partial charge in [0.25, 0.3) is 0 Å². The molecule has 0 saturated carbocycles. The number of anilines is 1. The highest BCUT2D eigenvalue weighted by molar-refractivity contribution is 5.84. The molecule has 0 unspecified atom stereocenters. The van der Waals surface area contributed by atoms with Gasteiger partial charge >= 0.3 is 6.01 Å². The van der Waals surface area contributed by atoms with Gasteiger partial charge in [0.05, 0.1) is 17.7 Å². The Morgan fingerprint density at radius 3 is 3.06 bits per heavy atom. The Labute approximate surface area is 93.2 Å². The molecule has 0 bridgehead atoms. The molecule has 0 aliphatic carbocycles. The third-order valence-corrected chi connectivity index (χ3v) is 2.32. The van der Waals surface area contributed by atoms with Gasteiger partial charge in [-0.2, -0.15) is 15.1 Å². The van der Waals surface area contributed by atoms with Crippen molar-refractivity contribution in [1.29, 1.82) is 0 Å². The third kappa shape index (κ3) is 2.05. The first-order valence-corrected chi connectivity index (χ1v) is 5.34. The van der Waals surface area contributed by atoms with Crippen LogP contribution in [0.4, 0.5) is 5.82 Å². The van der Waals surface area contributed by atoms with Gasteiger partial charge in [-0.1, -0.05) is 13.3 Å². The van der Waals surface area contributed by atoms with Crippen LogP contribution in [0.3, 0.4) is 0 Å². The van der Waals surface area contributed by atoms with Crippen molar-refractivity contribution in [1.82, 2.24) is 20.2 Å². The van der Waals surface area contributed by atoms with Crippen molar-refractivity contribution in [3.63, 3.8) is 0 Å². The van der Waals surface area contributed by atoms with Crippen LogP contribution in [-0.2, 0) is 0 Å². The van der Waals surface area contributed by atoms with Crippen LogP contribution in [0.1, 0.15) is 26.7 Å². The van der Waals surface area contributed by atoms with E-state index < -0.39 is 0 Å². The van der Waals surface area contributed by atoms with Crippen LogP contribution in [0, 0.1) is 0 Å². The summed E-state index contributed by atoms with van der Waals surface area (Å²) in [6, 6.07) is 0.301. The molecule has 2 aromatic rings. The SMILES string of the molecule is CCC[C@@H](C)Oc1nc(N)c2cn[nH]c2n1. The lowest BCUT2D eigenvalue weighted by atomic mass is 10.2. The number of hydrogen-bond donors (Lipinski definition) is 2. The average molecular weight is 221 g/mol. The number of hydrogen-bond acceptors (Lipinski definition) is 5. The normalized spacial score (nSPS) is 12.9. The molecule has 0 spiro atoms. The van der Waals surface area contributed by atoms with E-state index in [1.807, 2.05) is 6.92 Å². The summed E-state index contributed by atoms with van der Waals surface area (Å²) >= 11 is 0. The van der Waals surface area contributed by atoms with E-state index in [1.54, 1.807) is 6.20 Å². The molecule has 16 heavy (non-hydrogen) atoms. The molecule has 0 aliphatic rings. The minimum absolute atomic E-state index is 0.0878. The van der Waals surface area contributed by atoms with E-state index in [4.69, 9.17) is 10.5 Å². The van der Waals surface area contributed by atoms with E-state index in [9.17, 15) is 0 Å². The van der Waals surface area contributed by atoms with Crippen LogP contribution < -0.4 is 10.5 Å². The number of aromatic nitrogens is 4. The third-order valence-electron chi connectivity index (χ3n) is 2.32. The van der Waals surface area contributed by atoms with Crippen molar-refractivity contribution in [3.8, 4) is 6.01 Å². The Hall–Kier alpha value is -1.85. The number of nitrogen functional groups attached to an aromatic ring is 1. The van der Waals surface area contributed by atoms with Crippen molar-refractivity contribution in [2.24, 2.45) is 0 Å². The molecule has 0 saturated heterocycles. The minimum atomic E-state index is 0.0878. The lowest BCUT2D eigenvalue weighted by molar-refractivity contribution is 0.193. The van der Waals surface area contributed by atoms with Crippen molar-refractivity contribution in [3.05, 3.63) is 6.20 Å². The van der Waals surface area contributed by atoms with E-state index >= 15 is 0 Å². The molecule has 2 aromatic heterocycles. The summed E-state index contributed by atoms with van der Waals surface area (Å²) in [5, 5.41) is 7.32. The van der Waals surface area contributed by atoms with Crippen LogP contribution >= 0.6 is 0 Å². The minimum Gasteiger partial charge on any atom is -0.460 e. The Morgan fingerprint density at radius 2 is 2.31 bits per heavy atom. The monoisotopic (exact) mass is 221 g/mol. The van der Waals surface area contributed by atoms with Crippen molar-refractivity contribution in [2.45, 2.75) is 32.8 Å². The lowest BCUT2D eigenvalue weighted by Crippen LogP contribution is -2.13. The van der Waals surface area contributed by atoms with Crippen LogP contribution in [0.5, 0.6) is 6.01 Å². The second kappa shape index (κ2) is 4.34. The maximum Gasteiger partial charge on any atom is 0.320 e. The summed E-state index contributed by atoms with van der Waals surface area (Å²) in [5.41, 5.74) is 6.36. The number of nitrogens with one attached hydrogen (secondary N) is 1. The van der Waals surface area contributed by atoms with Crippen LogP contribution in [-0.4, -0.2) is 26.3 Å². The average Bonchev–Trinajstić information content (AvgIpc) is 2.66. The molecule has 0 amide bonds. The molecule has 3 N–H and O–H groups in total. The fourth-order valence-corrected chi connectivity index (χ4v) is 1.53. The van der Waals surface area contributed by atoms with Crippen LogP contribution in [0.25, 0.3) is 11.0 Å². The first-order chi connectivity index (χ1) is 7.70. The number of ether oxygens (including phenoxy) is 1. The Kier molecular flexibility index (Phi) is 2.89. The molecule has 6 heteroatoms. The van der Waals surface area contributed by atoms with Gasteiger partial charge in [0, 0.05) is 0 Å². The molecule has 0 aromatic carbocycles. The smallest absolute Gasteiger partial charge is 0.320 e. The van der Waals surface area contributed by atoms with E-state index in [-0.39, 0.29) is 6.10 Å². The highest BCUT2D eigenvalue weighted by Crippen LogP contribution is 2.18. The predicted octanol–water partition coefficient (Wildman–Crippen LogP) is 1.50. The fourth-order valence-electron chi connectivity index (χ4n) is 1.53. The van der Waals surface area contributed by atoms with Crippen molar-refractivity contribution < 1.29 is 4.74 Å². The van der Waals surface area contributed by atoms with Gasteiger partial charge in [-0.3, -0.25) is 5.10 Å². The lowest BCUT2D eigenvalue weighted by Gasteiger charge is -2.11. The molecule has 0 radical (unpaired) electrons. The van der Waals surface area contributed by atoms with E-state index in [0.29, 0.717) is 17.5 Å². The zero-order chi connectivity index (χ0) is 11.5. The fraction of sp³-hybridized carbons (Fsp3) is 0.500. The topological polar surface area (TPSA) is 89.7 Å². The zero-order valence-corrected chi connectivity index (χ0v) is 9.40. The molecule has 2 heterocycles. The molecular weight excluding hydrogens is 206 g/mol. The maximum absolute atomic E-state index is 5.76. The Bertz CT molecular complexity index is 481. The second-order valence-corrected chi connectivity index (χ2v) is 3.74. The van der Waals surface area contributed by atoms with Gasteiger partial charge in [-0.25, -0.2) is 0 Å². The predicted molar refractivity (Wildman–Crippen MR) is 61.1 cm³/mol. The van der Waals surface area contributed by atoms with E-state index in [0.717, 1.165) is 18.2 Å². The molecule has 0 aliphatic heterocycles. The summed E-state index contributed by atoms with van der Waals surface area (Å²) in [4.78, 5) is 8.27. The largest absolute Gasteiger partial charge is 0.460 e. The van der Waals surface area contributed by atoms with E-state index in [2.05, 4.69) is 27.1 Å². The number of aromatic amines is 1. The zero-order valence-electron chi connectivity index (χ0n) is 9.40. The second-order valence-electron chi connectivity index (χ2n) is 3.74. The molecular formula is C10H15N5O. The quantitative estimate of drug-likeness (QED) is 0.816. The summed E-state index contributed by atoms with van der Waals surface area (Å²) < 4.78 is 5.56. The molecule has 6 nitrogen and oxygen atoms in total. The van der Waals surface area contributed by atoms with Gasteiger partial charge in [-0.15, -0.1) is 0 Å². The molecule has 2 rings (SSSR count). The summed E-state index contributed by atoms with van der Waals surface area (Å²) in [7, 11) is 0. The molecule has 0 fully saturated rings. The summed E-state index contributed by atoms with van der Waals surface area (Å²) in [5.74, 6) is 0.387. The molecule has 1 atom stereocenters. The highest BCUT2D eigenvalue weighted by atomic mass is 16.5. The highest BCUT2D eigenvalue weighted by Gasteiger charge is 2.10. The number of fused-ring (bicyclic) bond motifs is 1. The Morgan fingerprint density at radius 1 is 1.50 bits per heavy atom. The number of nitrogens with two attached hydrogens (primary N) is 1. The maximum atomic E-state index is 5.76. The first-order valence-electron chi connectivity index (χ1n) is 5.34. The van der Waals surface area contributed by atoms with Gasteiger partial charge < -0.3 is 10.5 Å². The van der Waals surface area contributed by atoms with Crippen LogP contribution in [0.2, 0.25) is 0 Å². The van der Waals surface area contributed by atoms with Crippen LogP contribution in [0.15, 0.2) is 6.20 Å². The Balaban J connectivity index is 2.24. The van der Waals surface area contributed by atoms with Crippen molar-refractivity contribution in [2.75, 3.05) is 5.73 Å². The summed E-state index contributed by atoms with van der Waals surface area (Å²) in [6.07, 6.45) is 3.71.